The molecule has 12 heavy (non-hydrogen) atoms. The first-order valence-corrected chi connectivity index (χ1v) is 4.48. The summed E-state index contributed by atoms with van der Waals surface area (Å²) >= 11 is 0. The Labute approximate surface area is 74.7 Å². The van der Waals surface area contributed by atoms with Gasteiger partial charge in [0.15, 0.2) is 0 Å². The summed E-state index contributed by atoms with van der Waals surface area (Å²) in [6.45, 7) is 3.58. The molecule has 0 amide bonds. The van der Waals surface area contributed by atoms with Crippen LogP contribution in [-0.4, -0.2) is 25.8 Å². The van der Waals surface area contributed by atoms with E-state index in [-0.39, 0.29) is 5.60 Å². The number of methoxy groups -OCH3 is 1. The summed E-state index contributed by atoms with van der Waals surface area (Å²) in [5.74, 6) is 5.83. The van der Waals surface area contributed by atoms with Gasteiger partial charge in [0, 0.05) is 13.7 Å². The topological polar surface area (TPSA) is 21.3 Å². The third kappa shape index (κ3) is 2.23. The van der Waals surface area contributed by atoms with Crippen molar-refractivity contribution in [3.63, 3.8) is 0 Å². The first-order valence-electron chi connectivity index (χ1n) is 4.48. The number of hydrogen-bond donors (Lipinski definition) is 1. The summed E-state index contributed by atoms with van der Waals surface area (Å²) in [4.78, 5) is 0. The average molecular weight is 167 g/mol. The molecule has 1 aliphatic carbocycles. The molecule has 0 bridgehead atoms. The number of rotatable bonds is 4. The molecule has 0 spiro atoms. The highest BCUT2D eigenvalue weighted by Crippen LogP contribution is 2.33. The molecule has 0 aliphatic heterocycles. The molecule has 0 saturated heterocycles. The van der Waals surface area contributed by atoms with Gasteiger partial charge >= 0.3 is 0 Å². The normalized spacial score (nSPS) is 19.2. The molecular formula is C10H17NO. The Morgan fingerprint density at radius 3 is 2.67 bits per heavy atom. The van der Waals surface area contributed by atoms with E-state index in [1.165, 1.54) is 19.3 Å². The van der Waals surface area contributed by atoms with E-state index in [0.717, 1.165) is 13.1 Å². The highest BCUT2D eigenvalue weighted by atomic mass is 16.5. The smallest absolute Gasteiger partial charge is 0.0802 e. The molecule has 0 radical (unpaired) electrons. The molecule has 0 aromatic carbocycles. The van der Waals surface area contributed by atoms with Crippen LogP contribution in [0, 0.1) is 11.8 Å². The van der Waals surface area contributed by atoms with E-state index in [9.17, 15) is 0 Å². The summed E-state index contributed by atoms with van der Waals surface area (Å²) in [6, 6.07) is 0. The third-order valence-electron chi connectivity index (χ3n) is 2.54. The van der Waals surface area contributed by atoms with Crippen molar-refractivity contribution in [3.8, 4) is 11.8 Å². The SMILES string of the molecule is CC#CCNCC1(OC)CCC1. The lowest BCUT2D eigenvalue weighted by molar-refractivity contribution is -0.0687. The molecule has 68 valence electrons. The van der Waals surface area contributed by atoms with Gasteiger partial charge in [-0.2, -0.15) is 0 Å². The van der Waals surface area contributed by atoms with Crippen LogP contribution in [0.25, 0.3) is 0 Å². The van der Waals surface area contributed by atoms with Gasteiger partial charge < -0.3 is 10.1 Å². The van der Waals surface area contributed by atoms with Gasteiger partial charge in [0.05, 0.1) is 12.1 Å². The zero-order valence-corrected chi connectivity index (χ0v) is 7.94. The van der Waals surface area contributed by atoms with Crippen LogP contribution in [0.5, 0.6) is 0 Å². The maximum Gasteiger partial charge on any atom is 0.0802 e. The Kier molecular flexibility index (Phi) is 3.58. The second-order valence-electron chi connectivity index (χ2n) is 3.27. The molecular weight excluding hydrogens is 150 g/mol. The van der Waals surface area contributed by atoms with Crippen molar-refractivity contribution in [2.24, 2.45) is 0 Å². The summed E-state index contributed by atoms with van der Waals surface area (Å²) in [5, 5.41) is 3.28. The number of hydrogen-bond acceptors (Lipinski definition) is 2. The van der Waals surface area contributed by atoms with Crippen molar-refractivity contribution >= 4 is 0 Å². The van der Waals surface area contributed by atoms with Crippen molar-refractivity contribution in [1.29, 1.82) is 0 Å². The zero-order chi connectivity index (χ0) is 8.86. The minimum Gasteiger partial charge on any atom is -0.377 e. The maximum atomic E-state index is 5.44. The van der Waals surface area contributed by atoms with Gasteiger partial charge in [-0.3, -0.25) is 0 Å². The quantitative estimate of drug-likeness (QED) is 0.501. The summed E-state index contributed by atoms with van der Waals surface area (Å²) in [6.07, 6.45) is 3.68. The molecule has 1 saturated carbocycles. The highest BCUT2D eigenvalue weighted by Gasteiger charge is 2.36. The Bertz CT molecular complexity index is 180. The lowest BCUT2D eigenvalue weighted by Crippen LogP contribution is -2.48. The Morgan fingerprint density at radius 2 is 2.25 bits per heavy atom. The molecule has 0 aromatic rings. The van der Waals surface area contributed by atoms with Crippen LogP contribution in [0.15, 0.2) is 0 Å². The van der Waals surface area contributed by atoms with E-state index in [2.05, 4.69) is 17.2 Å². The summed E-state index contributed by atoms with van der Waals surface area (Å²) in [5.41, 5.74) is 0.134. The van der Waals surface area contributed by atoms with Gasteiger partial charge in [0.25, 0.3) is 0 Å². The predicted octanol–water partition coefficient (Wildman–Crippen LogP) is 1.17. The van der Waals surface area contributed by atoms with Crippen molar-refractivity contribution in [2.75, 3.05) is 20.2 Å². The molecule has 1 rings (SSSR count). The fraction of sp³-hybridized carbons (Fsp3) is 0.800. The molecule has 0 unspecified atom stereocenters. The van der Waals surface area contributed by atoms with E-state index in [1.807, 2.05) is 6.92 Å². The lowest BCUT2D eigenvalue weighted by Gasteiger charge is -2.40. The van der Waals surface area contributed by atoms with Crippen molar-refractivity contribution in [3.05, 3.63) is 0 Å². The second kappa shape index (κ2) is 4.49. The van der Waals surface area contributed by atoms with Crippen LogP contribution in [0.1, 0.15) is 26.2 Å². The molecule has 0 aromatic heterocycles. The maximum absolute atomic E-state index is 5.44. The molecule has 1 N–H and O–H groups in total. The molecule has 2 nitrogen and oxygen atoms in total. The van der Waals surface area contributed by atoms with E-state index in [0.29, 0.717) is 0 Å². The first-order chi connectivity index (χ1) is 5.83. The minimum absolute atomic E-state index is 0.134. The van der Waals surface area contributed by atoms with Crippen LogP contribution < -0.4 is 5.32 Å². The predicted molar refractivity (Wildman–Crippen MR) is 49.9 cm³/mol. The average Bonchev–Trinajstić information content (AvgIpc) is 2.02. The van der Waals surface area contributed by atoms with Gasteiger partial charge in [0.1, 0.15) is 0 Å². The van der Waals surface area contributed by atoms with Crippen LogP contribution in [0.3, 0.4) is 0 Å². The van der Waals surface area contributed by atoms with Gasteiger partial charge in [0.2, 0.25) is 0 Å². The van der Waals surface area contributed by atoms with Gasteiger partial charge in [-0.25, -0.2) is 0 Å². The van der Waals surface area contributed by atoms with Crippen molar-refractivity contribution < 1.29 is 4.74 Å². The van der Waals surface area contributed by atoms with E-state index < -0.39 is 0 Å². The van der Waals surface area contributed by atoms with Crippen LogP contribution in [0.4, 0.5) is 0 Å². The van der Waals surface area contributed by atoms with E-state index in [4.69, 9.17) is 4.74 Å². The van der Waals surface area contributed by atoms with Crippen molar-refractivity contribution in [1.82, 2.24) is 5.32 Å². The lowest BCUT2D eigenvalue weighted by atomic mass is 9.80. The Hall–Kier alpha value is -0.520. The largest absolute Gasteiger partial charge is 0.377 e. The Balaban J connectivity index is 2.14. The van der Waals surface area contributed by atoms with E-state index in [1.54, 1.807) is 7.11 Å². The number of nitrogens with one attached hydrogen (secondary N) is 1. The van der Waals surface area contributed by atoms with E-state index >= 15 is 0 Å². The minimum atomic E-state index is 0.134. The van der Waals surface area contributed by atoms with Gasteiger partial charge in [-0.15, -0.1) is 5.92 Å². The van der Waals surface area contributed by atoms with Crippen LogP contribution in [0.2, 0.25) is 0 Å². The summed E-state index contributed by atoms with van der Waals surface area (Å²) in [7, 11) is 1.80. The molecule has 2 heteroatoms. The monoisotopic (exact) mass is 167 g/mol. The molecule has 1 fully saturated rings. The fourth-order valence-electron chi connectivity index (χ4n) is 1.47. The molecule has 0 atom stereocenters. The summed E-state index contributed by atoms with van der Waals surface area (Å²) < 4.78 is 5.44. The fourth-order valence-corrected chi connectivity index (χ4v) is 1.47. The molecule has 1 aliphatic rings. The van der Waals surface area contributed by atoms with Crippen LogP contribution >= 0.6 is 0 Å². The van der Waals surface area contributed by atoms with Crippen molar-refractivity contribution in [2.45, 2.75) is 31.8 Å². The zero-order valence-electron chi connectivity index (χ0n) is 7.94. The number of ether oxygens (including phenoxy) is 1. The van der Waals surface area contributed by atoms with Gasteiger partial charge in [-0.05, 0) is 26.2 Å². The molecule has 0 heterocycles. The highest BCUT2D eigenvalue weighted by molar-refractivity contribution is 4.99. The third-order valence-corrected chi connectivity index (χ3v) is 2.54. The second-order valence-corrected chi connectivity index (χ2v) is 3.27. The van der Waals surface area contributed by atoms with Crippen LogP contribution in [-0.2, 0) is 4.74 Å². The standard InChI is InChI=1S/C10H17NO/c1-3-4-8-11-9-10(12-2)6-5-7-10/h11H,5-9H2,1-2H3. The Morgan fingerprint density at radius 1 is 1.50 bits per heavy atom. The van der Waals surface area contributed by atoms with Gasteiger partial charge in [-0.1, -0.05) is 5.92 Å². The first kappa shape index (κ1) is 9.57.